The van der Waals surface area contributed by atoms with Crippen LogP contribution in [0.25, 0.3) is 22.3 Å². The molecule has 9 nitrogen and oxygen atoms in total. The molecule has 3 aliphatic rings. The van der Waals surface area contributed by atoms with Gasteiger partial charge >= 0.3 is 0 Å². The van der Waals surface area contributed by atoms with E-state index in [9.17, 15) is 14.4 Å². The van der Waals surface area contributed by atoms with Gasteiger partial charge in [0.1, 0.15) is 11.7 Å². The maximum absolute atomic E-state index is 13.1. The number of imide groups is 1. The minimum absolute atomic E-state index is 0.161. The van der Waals surface area contributed by atoms with Gasteiger partial charge in [0, 0.05) is 55.3 Å². The summed E-state index contributed by atoms with van der Waals surface area (Å²) in [4.78, 5) is 51.6. The lowest BCUT2D eigenvalue weighted by Gasteiger charge is -2.29. The topological polar surface area (TPSA) is 102 Å². The molecule has 9 heteroatoms. The molecule has 2 aromatic heterocycles. The zero-order chi connectivity index (χ0) is 25.7. The van der Waals surface area contributed by atoms with Crippen molar-refractivity contribution in [3.05, 3.63) is 53.2 Å². The summed E-state index contributed by atoms with van der Waals surface area (Å²) in [6, 6.07) is 9.45. The summed E-state index contributed by atoms with van der Waals surface area (Å²) < 4.78 is 0. The van der Waals surface area contributed by atoms with E-state index < -0.39 is 11.9 Å². The average molecular weight is 501 g/mol. The molecule has 2 atom stereocenters. The van der Waals surface area contributed by atoms with Crippen molar-refractivity contribution in [1.82, 2.24) is 30.0 Å². The highest BCUT2D eigenvalue weighted by Crippen LogP contribution is 2.32. The molecule has 1 aromatic carbocycles. The maximum atomic E-state index is 13.1. The highest BCUT2D eigenvalue weighted by molar-refractivity contribution is 6.05. The fourth-order valence-electron chi connectivity index (χ4n) is 6.08. The molecule has 3 aromatic rings. The molecule has 192 valence electrons. The second kappa shape index (κ2) is 9.39. The summed E-state index contributed by atoms with van der Waals surface area (Å²) in [6.07, 6.45) is 3.76. The summed E-state index contributed by atoms with van der Waals surface area (Å²) in [5.41, 5.74) is 5.41. The van der Waals surface area contributed by atoms with Crippen LogP contribution in [0.15, 0.2) is 36.5 Å². The number of carbonyl (C=O) groups is 3. The first-order chi connectivity index (χ1) is 17.9. The van der Waals surface area contributed by atoms with E-state index >= 15 is 0 Å². The molecule has 2 N–H and O–H groups in total. The molecule has 0 radical (unpaired) electrons. The monoisotopic (exact) mass is 500 g/mol. The maximum Gasteiger partial charge on any atom is 0.255 e. The first-order valence-corrected chi connectivity index (χ1v) is 13.0. The predicted octanol–water partition coefficient (Wildman–Crippen LogP) is 2.37. The number of nitrogens with zero attached hydrogens (tertiary/aromatic N) is 4. The number of aromatic nitrogens is 2. The van der Waals surface area contributed by atoms with Crippen molar-refractivity contribution >= 4 is 28.8 Å². The Balaban J connectivity index is 1.25. The van der Waals surface area contributed by atoms with E-state index in [1.807, 2.05) is 24.4 Å². The Morgan fingerprint density at radius 3 is 2.78 bits per heavy atom. The van der Waals surface area contributed by atoms with Gasteiger partial charge in [0.25, 0.3) is 5.91 Å². The molecule has 2 fully saturated rings. The zero-order valence-corrected chi connectivity index (χ0v) is 21.3. The van der Waals surface area contributed by atoms with Crippen molar-refractivity contribution in [2.45, 2.75) is 38.4 Å². The molecular formula is C28H32N6O3. The number of fused-ring (bicyclic) bond motifs is 2. The molecule has 5 heterocycles. The van der Waals surface area contributed by atoms with Gasteiger partial charge in [-0.1, -0.05) is 6.07 Å². The summed E-state index contributed by atoms with van der Waals surface area (Å²) in [5, 5.41) is 3.50. The average Bonchev–Trinajstić information content (AvgIpc) is 3.58. The number of carbonyl (C=O) groups excluding carboxylic acids is 3. The lowest BCUT2D eigenvalue weighted by molar-refractivity contribution is -0.136. The van der Waals surface area contributed by atoms with E-state index in [2.05, 4.69) is 46.3 Å². The molecule has 0 spiro atoms. The highest BCUT2D eigenvalue weighted by atomic mass is 16.2. The third-order valence-electron chi connectivity index (χ3n) is 7.82. The van der Waals surface area contributed by atoms with Gasteiger partial charge in [-0.2, -0.15) is 0 Å². The highest BCUT2D eigenvalue weighted by Gasteiger charge is 2.39. The molecule has 2 unspecified atom stereocenters. The van der Waals surface area contributed by atoms with Crippen molar-refractivity contribution < 1.29 is 14.4 Å². The summed E-state index contributed by atoms with van der Waals surface area (Å²) >= 11 is 0. The summed E-state index contributed by atoms with van der Waals surface area (Å²) in [6.45, 7) is 4.53. The normalized spacial score (nSPS) is 22.4. The van der Waals surface area contributed by atoms with Gasteiger partial charge in [-0.05, 0) is 74.8 Å². The van der Waals surface area contributed by atoms with Gasteiger partial charge in [0.15, 0.2) is 0 Å². The Morgan fingerprint density at radius 2 is 1.97 bits per heavy atom. The van der Waals surface area contributed by atoms with E-state index in [-0.39, 0.29) is 18.2 Å². The van der Waals surface area contributed by atoms with Crippen LogP contribution in [0.4, 0.5) is 0 Å². The van der Waals surface area contributed by atoms with Crippen LogP contribution in [0.3, 0.4) is 0 Å². The van der Waals surface area contributed by atoms with Crippen LogP contribution in [0, 0.1) is 5.92 Å². The second-order valence-corrected chi connectivity index (χ2v) is 10.8. The predicted molar refractivity (Wildman–Crippen MR) is 140 cm³/mol. The first kappa shape index (κ1) is 23.8. The van der Waals surface area contributed by atoms with E-state index in [1.54, 1.807) is 4.90 Å². The first-order valence-electron chi connectivity index (χ1n) is 13.0. The number of hydrogen-bond donors (Lipinski definition) is 2. The van der Waals surface area contributed by atoms with Crippen molar-refractivity contribution in [1.29, 1.82) is 0 Å². The zero-order valence-electron chi connectivity index (χ0n) is 21.3. The van der Waals surface area contributed by atoms with Gasteiger partial charge in [-0.3, -0.25) is 24.6 Å². The van der Waals surface area contributed by atoms with E-state index in [0.717, 1.165) is 54.0 Å². The largest absolute Gasteiger partial charge is 0.346 e. The Morgan fingerprint density at radius 1 is 1.11 bits per heavy atom. The Kier molecular flexibility index (Phi) is 6.04. The van der Waals surface area contributed by atoms with Crippen LogP contribution >= 0.6 is 0 Å². The lowest BCUT2D eigenvalue weighted by Crippen LogP contribution is -2.52. The standard InChI is InChI=1S/C28H32N6O3/c1-32(2)13-17-8-10-33(14-17)15-20-12-23(30-26-21(20)7-9-29-26)18-3-4-22-19(11-18)16-34(28(22)37)24-5-6-25(35)31-27(24)36/h3-4,7,9,11-12,17,24H,5-6,8,10,13-16H2,1-2H3,(H,29,30)(H,31,35,36). The Labute approximate surface area is 215 Å². The Bertz CT molecular complexity index is 1400. The van der Waals surface area contributed by atoms with Gasteiger partial charge < -0.3 is 14.8 Å². The number of piperidine rings is 1. The lowest BCUT2D eigenvalue weighted by atomic mass is 10.0. The number of pyridine rings is 1. The van der Waals surface area contributed by atoms with E-state index in [1.165, 1.54) is 12.0 Å². The van der Waals surface area contributed by atoms with Crippen LogP contribution in [0.2, 0.25) is 0 Å². The fourth-order valence-corrected chi connectivity index (χ4v) is 6.08. The molecule has 37 heavy (non-hydrogen) atoms. The second-order valence-electron chi connectivity index (χ2n) is 10.8. The molecule has 3 amide bonds. The number of benzene rings is 1. The van der Waals surface area contributed by atoms with Crippen molar-refractivity contribution in [2.75, 3.05) is 33.7 Å². The minimum Gasteiger partial charge on any atom is -0.346 e. The van der Waals surface area contributed by atoms with Crippen LogP contribution in [-0.2, 0) is 22.7 Å². The smallest absolute Gasteiger partial charge is 0.255 e. The van der Waals surface area contributed by atoms with E-state index in [4.69, 9.17) is 4.98 Å². The van der Waals surface area contributed by atoms with Crippen molar-refractivity contribution in [2.24, 2.45) is 5.92 Å². The molecule has 6 rings (SSSR count). The minimum atomic E-state index is -0.613. The number of rotatable bonds is 6. The molecule has 3 aliphatic heterocycles. The third kappa shape index (κ3) is 4.53. The third-order valence-corrected chi connectivity index (χ3v) is 7.82. The SMILES string of the molecule is CN(C)CC1CCN(Cc2cc(-c3ccc4c(c3)CN(C3CCC(=O)NC3=O)C4=O)nc3[nH]ccc23)C1. The fraction of sp³-hybridized carbons (Fsp3) is 0.429. The summed E-state index contributed by atoms with van der Waals surface area (Å²) in [7, 11) is 4.27. The van der Waals surface area contributed by atoms with Gasteiger partial charge in [-0.25, -0.2) is 4.98 Å². The Hall–Kier alpha value is -3.56. The summed E-state index contributed by atoms with van der Waals surface area (Å²) in [5.74, 6) is -0.141. The molecular weight excluding hydrogens is 468 g/mol. The van der Waals surface area contributed by atoms with Gasteiger partial charge in [0.05, 0.1) is 5.69 Å². The van der Waals surface area contributed by atoms with Gasteiger partial charge in [-0.15, -0.1) is 0 Å². The van der Waals surface area contributed by atoms with E-state index in [0.29, 0.717) is 24.4 Å². The molecule has 2 saturated heterocycles. The van der Waals surface area contributed by atoms with Gasteiger partial charge in [0.2, 0.25) is 11.8 Å². The van der Waals surface area contributed by atoms with Crippen LogP contribution in [0.5, 0.6) is 0 Å². The number of aromatic amines is 1. The number of likely N-dealkylation sites (tertiary alicyclic amines) is 1. The number of hydrogen-bond acceptors (Lipinski definition) is 6. The van der Waals surface area contributed by atoms with Crippen molar-refractivity contribution in [3.63, 3.8) is 0 Å². The quantitative estimate of drug-likeness (QED) is 0.504. The molecule has 0 aliphatic carbocycles. The number of H-pyrrole nitrogens is 1. The van der Waals surface area contributed by atoms with Crippen LogP contribution in [-0.4, -0.2) is 82.2 Å². The van der Waals surface area contributed by atoms with Crippen LogP contribution in [0.1, 0.15) is 40.7 Å². The molecule has 0 saturated carbocycles. The molecule has 0 bridgehead atoms. The van der Waals surface area contributed by atoms with Crippen LogP contribution < -0.4 is 5.32 Å². The number of nitrogens with one attached hydrogen (secondary N) is 2. The van der Waals surface area contributed by atoms with Crippen molar-refractivity contribution in [3.8, 4) is 11.3 Å². The number of amides is 3.